The molecular weight excluding hydrogens is 353 g/mol. The van der Waals surface area contributed by atoms with Crippen LogP contribution in [0.5, 0.6) is 11.5 Å². The van der Waals surface area contributed by atoms with E-state index in [0.717, 1.165) is 5.56 Å². The van der Waals surface area contributed by atoms with Crippen molar-refractivity contribution < 1.29 is 28.2 Å². The number of benzene rings is 2. The van der Waals surface area contributed by atoms with E-state index in [0.29, 0.717) is 29.2 Å². The van der Waals surface area contributed by atoms with Gasteiger partial charge in [0.25, 0.3) is 5.91 Å². The first-order valence-corrected chi connectivity index (χ1v) is 8.57. The Bertz CT molecular complexity index is 867. The Morgan fingerprint density at radius 2 is 1.96 bits per heavy atom. The van der Waals surface area contributed by atoms with E-state index < -0.39 is 23.8 Å². The first-order valence-electron chi connectivity index (χ1n) is 8.57. The molecule has 0 aromatic heterocycles. The molecule has 142 valence electrons. The standard InChI is InChI=1S/C20H20FNO5/c1-12-3-6-15(10-16(12)21)22-20(24)13(2)27-19(23)8-5-14-4-7-17-18(9-14)26-11-25-17/h3-4,6-7,9-10,13H,5,8,11H2,1-2H3,(H,22,24). The van der Waals surface area contributed by atoms with Gasteiger partial charge in [-0.2, -0.15) is 0 Å². The van der Waals surface area contributed by atoms with Gasteiger partial charge in [0.15, 0.2) is 17.6 Å². The van der Waals surface area contributed by atoms with Crippen LogP contribution in [0.25, 0.3) is 0 Å². The average molecular weight is 373 g/mol. The van der Waals surface area contributed by atoms with Gasteiger partial charge < -0.3 is 19.5 Å². The molecule has 1 atom stereocenters. The van der Waals surface area contributed by atoms with Gasteiger partial charge >= 0.3 is 5.97 Å². The van der Waals surface area contributed by atoms with Crippen molar-refractivity contribution in [2.24, 2.45) is 0 Å². The number of esters is 1. The Morgan fingerprint density at radius 3 is 2.74 bits per heavy atom. The number of anilines is 1. The van der Waals surface area contributed by atoms with E-state index in [1.165, 1.54) is 13.0 Å². The van der Waals surface area contributed by atoms with Crippen molar-refractivity contribution in [2.45, 2.75) is 32.8 Å². The summed E-state index contributed by atoms with van der Waals surface area (Å²) in [6.07, 6.45) is -0.415. The van der Waals surface area contributed by atoms with Crippen LogP contribution in [0, 0.1) is 12.7 Å². The van der Waals surface area contributed by atoms with Crippen LogP contribution < -0.4 is 14.8 Å². The lowest BCUT2D eigenvalue weighted by atomic mass is 10.1. The van der Waals surface area contributed by atoms with Crippen molar-refractivity contribution >= 4 is 17.6 Å². The van der Waals surface area contributed by atoms with Crippen LogP contribution in [0.2, 0.25) is 0 Å². The number of ether oxygens (including phenoxy) is 3. The molecule has 6 nitrogen and oxygen atoms in total. The summed E-state index contributed by atoms with van der Waals surface area (Å²) in [5.41, 5.74) is 1.70. The van der Waals surface area contributed by atoms with Crippen molar-refractivity contribution in [1.82, 2.24) is 0 Å². The van der Waals surface area contributed by atoms with Gasteiger partial charge in [0.2, 0.25) is 6.79 Å². The van der Waals surface area contributed by atoms with Gasteiger partial charge in [-0.05, 0) is 55.7 Å². The molecule has 2 aromatic rings. The lowest BCUT2D eigenvalue weighted by molar-refractivity contribution is -0.153. The third-order valence-electron chi connectivity index (χ3n) is 4.17. The SMILES string of the molecule is Cc1ccc(NC(=O)C(C)OC(=O)CCc2ccc3c(c2)OCO3)cc1F. The molecule has 2 aromatic carbocycles. The van der Waals surface area contributed by atoms with Gasteiger partial charge in [-0.25, -0.2) is 4.39 Å². The average Bonchev–Trinajstić information content (AvgIpc) is 3.10. The molecule has 7 heteroatoms. The van der Waals surface area contributed by atoms with E-state index in [1.807, 2.05) is 12.1 Å². The van der Waals surface area contributed by atoms with E-state index in [4.69, 9.17) is 14.2 Å². The number of nitrogens with one attached hydrogen (secondary N) is 1. The van der Waals surface area contributed by atoms with Crippen LogP contribution in [0.15, 0.2) is 36.4 Å². The molecule has 1 aliphatic rings. The number of aryl methyl sites for hydroxylation is 2. The van der Waals surface area contributed by atoms with Gasteiger partial charge in [-0.15, -0.1) is 0 Å². The first-order chi connectivity index (χ1) is 12.9. The third kappa shape index (κ3) is 4.75. The van der Waals surface area contributed by atoms with Crippen LogP contribution in [0.3, 0.4) is 0 Å². The summed E-state index contributed by atoms with van der Waals surface area (Å²) in [7, 11) is 0. The van der Waals surface area contributed by atoms with Crippen LogP contribution in [0.1, 0.15) is 24.5 Å². The predicted octanol–water partition coefficient (Wildman–Crippen LogP) is 3.37. The zero-order valence-corrected chi connectivity index (χ0v) is 15.1. The summed E-state index contributed by atoms with van der Waals surface area (Å²) in [6.45, 7) is 3.29. The highest BCUT2D eigenvalue weighted by molar-refractivity contribution is 5.95. The van der Waals surface area contributed by atoms with E-state index in [2.05, 4.69) is 5.32 Å². The molecule has 0 saturated carbocycles. The fourth-order valence-electron chi connectivity index (χ4n) is 2.57. The zero-order chi connectivity index (χ0) is 19.4. The Morgan fingerprint density at radius 1 is 1.19 bits per heavy atom. The highest BCUT2D eigenvalue weighted by atomic mass is 19.1. The Balaban J connectivity index is 1.48. The number of amides is 1. The van der Waals surface area contributed by atoms with Crippen molar-refractivity contribution in [3.63, 3.8) is 0 Å². The molecule has 0 saturated heterocycles. The van der Waals surface area contributed by atoms with Gasteiger partial charge in [-0.3, -0.25) is 9.59 Å². The maximum Gasteiger partial charge on any atom is 0.306 e. The topological polar surface area (TPSA) is 73.9 Å². The second-order valence-corrected chi connectivity index (χ2v) is 6.27. The number of halogens is 1. The predicted molar refractivity (Wildman–Crippen MR) is 96.2 cm³/mol. The van der Waals surface area contributed by atoms with Crippen molar-refractivity contribution in [3.8, 4) is 11.5 Å². The molecule has 3 rings (SSSR count). The zero-order valence-electron chi connectivity index (χ0n) is 15.1. The van der Waals surface area contributed by atoms with Gasteiger partial charge in [0.1, 0.15) is 5.82 Å². The molecule has 1 amide bonds. The number of rotatable bonds is 6. The Kier molecular flexibility index (Phi) is 5.59. The minimum Gasteiger partial charge on any atom is -0.454 e. The lowest BCUT2D eigenvalue weighted by Crippen LogP contribution is -2.30. The van der Waals surface area contributed by atoms with Crippen molar-refractivity contribution in [1.29, 1.82) is 0 Å². The largest absolute Gasteiger partial charge is 0.454 e. The summed E-state index contributed by atoms with van der Waals surface area (Å²) < 4.78 is 29.2. The molecule has 0 spiro atoms. The van der Waals surface area contributed by atoms with E-state index in [-0.39, 0.29) is 13.2 Å². The van der Waals surface area contributed by atoms with Crippen LogP contribution in [-0.2, 0) is 20.7 Å². The summed E-state index contributed by atoms with van der Waals surface area (Å²) in [4.78, 5) is 24.1. The lowest BCUT2D eigenvalue weighted by Gasteiger charge is -2.14. The third-order valence-corrected chi connectivity index (χ3v) is 4.17. The second kappa shape index (κ2) is 8.07. The van der Waals surface area contributed by atoms with E-state index >= 15 is 0 Å². The number of fused-ring (bicyclic) bond motifs is 1. The molecule has 0 fully saturated rings. The van der Waals surface area contributed by atoms with E-state index in [1.54, 1.807) is 25.1 Å². The van der Waals surface area contributed by atoms with Crippen LogP contribution >= 0.6 is 0 Å². The maximum atomic E-state index is 13.5. The van der Waals surface area contributed by atoms with Gasteiger partial charge in [0.05, 0.1) is 0 Å². The number of hydrogen-bond acceptors (Lipinski definition) is 5. The highest BCUT2D eigenvalue weighted by Gasteiger charge is 2.19. The first kappa shape index (κ1) is 18.7. The fourth-order valence-corrected chi connectivity index (χ4v) is 2.57. The second-order valence-electron chi connectivity index (χ2n) is 6.27. The molecule has 27 heavy (non-hydrogen) atoms. The van der Waals surface area contributed by atoms with Crippen LogP contribution in [0.4, 0.5) is 10.1 Å². The molecule has 1 unspecified atom stereocenters. The molecule has 1 heterocycles. The number of hydrogen-bond donors (Lipinski definition) is 1. The minimum atomic E-state index is -0.987. The molecule has 0 radical (unpaired) electrons. The molecule has 0 bridgehead atoms. The summed E-state index contributed by atoms with van der Waals surface area (Å²) in [6, 6.07) is 9.83. The summed E-state index contributed by atoms with van der Waals surface area (Å²) in [5.74, 6) is -0.0978. The quantitative estimate of drug-likeness (QED) is 0.786. The smallest absolute Gasteiger partial charge is 0.306 e. The maximum absolute atomic E-state index is 13.5. The number of carbonyl (C=O) groups excluding carboxylic acids is 2. The van der Waals surface area contributed by atoms with Crippen molar-refractivity contribution in [3.05, 3.63) is 53.3 Å². The normalized spacial score (nSPS) is 13.1. The van der Waals surface area contributed by atoms with Gasteiger partial charge in [-0.1, -0.05) is 12.1 Å². The van der Waals surface area contributed by atoms with Crippen LogP contribution in [-0.4, -0.2) is 24.8 Å². The highest BCUT2D eigenvalue weighted by Crippen LogP contribution is 2.32. The molecular formula is C20H20FNO5. The summed E-state index contributed by atoms with van der Waals surface area (Å²) in [5, 5.41) is 2.53. The van der Waals surface area contributed by atoms with E-state index in [9.17, 15) is 14.0 Å². The number of carbonyl (C=O) groups is 2. The monoisotopic (exact) mass is 373 g/mol. The summed E-state index contributed by atoms with van der Waals surface area (Å²) >= 11 is 0. The molecule has 1 N–H and O–H groups in total. The Hall–Kier alpha value is -3.09. The van der Waals surface area contributed by atoms with Gasteiger partial charge in [0, 0.05) is 12.1 Å². The minimum absolute atomic E-state index is 0.121. The van der Waals surface area contributed by atoms with Crippen molar-refractivity contribution in [2.75, 3.05) is 12.1 Å². The Labute approximate surface area is 156 Å². The molecule has 1 aliphatic heterocycles. The fraction of sp³-hybridized carbons (Fsp3) is 0.300. The molecule has 0 aliphatic carbocycles.